The molecule has 0 aliphatic carbocycles. The van der Waals surface area contributed by atoms with Crippen LogP contribution < -0.4 is 0 Å². The summed E-state index contributed by atoms with van der Waals surface area (Å²) in [7, 11) is -2.10. The molecule has 0 saturated carbocycles. The van der Waals surface area contributed by atoms with E-state index in [1.54, 1.807) is 0 Å². The summed E-state index contributed by atoms with van der Waals surface area (Å²) in [6, 6.07) is 4.54. The molecule has 0 radical (unpaired) electrons. The van der Waals surface area contributed by atoms with Crippen molar-refractivity contribution in [3.05, 3.63) is 35.4 Å². The summed E-state index contributed by atoms with van der Waals surface area (Å²) in [6.45, 7) is 1.05. The smallest absolute Gasteiger partial charge is 0.195 e. The highest BCUT2D eigenvalue weighted by Crippen LogP contribution is 2.29. The van der Waals surface area contributed by atoms with Gasteiger partial charge in [-0.3, -0.25) is 0 Å². The van der Waals surface area contributed by atoms with Crippen LogP contribution in [0.2, 0.25) is 0 Å². The molecule has 0 unspecified atom stereocenters. The Labute approximate surface area is 122 Å². The molecule has 1 fully saturated rings. The second kappa shape index (κ2) is 5.94. The van der Waals surface area contributed by atoms with E-state index in [-0.39, 0.29) is 6.54 Å². The van der Waals surface area contributed by atoms with E-state index >= 15 is 0 Å². The first-order valence-electron chi connectivity index (χ1n) is 6.59. The molecule has 0 atom stereocenters. The van der Waals surface area contributed by atoms with Gasteiger partial charge in [-0.15, -0.1) is 0 Å². The molecular weight excluding hydrogens is 305 g/mol. The van der Waals surface area contributed by atoms with E-state index in [0.717, 1.165) is 25.0 Å². The van der Waals surface area contributed by atoms with E-state index in [1.807, 2.05) is 0 Å². The van der Waals surface area contributed by atoms with E-state index in [2.05, 4.69) is 0 Å². The van der Waals surface area contributed by atoms with Crippen LogP contribution in [0, 0.1) is 0 Å². The quantitative estimate of drug-likeness (QED) is 0.854. The first-order valence-corrected chi connectivity index (χ1v) is 7.98. The zero-order valence-electron chi connectivity index (χ0n) is 11.6. The predicted molar refractivity (Wildman–Crippen MR) is 72.6 cm³/mol. The highest BCUT2D eigenvalue weighted by molar-refractivity contribution is 7.86. The monoisotopic (exact) mass is 322 g/mol. The molecule has 118 valence electrons. The molecule has 1 aliphatic heterocycles. The van der Waals surface area contributed by atoms with Crippen molar-refractivity contribution in [3.8, 4) is 0 Å². The van der Waals surface area contributed by atoms with Crippen molar-refractivity contribution < 1.29 is 21.6 Å². The van der Waals surface area contributed by atoms with Crippen molar-refractivity contribution in [3.63, 3.8) is 0 Å². The first-order chi connectivity index (χ1) is 9.71. The lowest BCUT2D eigenvalue weighted by molar-refractivity contribution is -0.137. The van der Waals surface area contributed by atoms with Gasteiger partial charge in [-0.1, -0.05) is 12.1 Å². The van der Waals surface area contributed by atoms with E-state index in [1.165, 1.54) is 27.8 Å². The molecule has 0 N–H and O–H groups in total. The lowest BCUT2D eigenvalue weighted by Crippen LogP contribution is -2.39. The van der Waals surface area contributed by atoms with Crippen LogP contribution in [-0.4, -0.2) is 37.2 Å². The number of benzene rings is 1. The van der Waals surface area contributed by atoms with Crippen LogP contribution in [0.25, 0.3) is 0 Å². The molecule has 0 aromatic heterocycles. The lowest BCUT2D eigenvalue weighted by atomic mass is 10.1. The van der Waals surface area contributed by atoms with E-state index in [0.29, 0.717) is 18.7 Å². The molecule has 8 heteroatoms. The molecule has 1 aliphatic rings. The lowest BCUT2D eigenvalue weighted by Gasteiger charge is -2.23. The highest BCUT2D eigenvalue weighted by Gasteiger charge is 2.31. The van der Waals surface area contributed by atoms with Gasteiger partial charge in [-0.2, -0.15) is 30.2 Å². The topological polar surface area (TPSA) is 40.6 Å². The maximum absolute atomic E-state index is 12.5. The molecule has 1 saturated heterocycles. The van der Waals surface area contributed by atoms with Crippen molar-refractivity contribution in [2.45, 2.75) is 25.6 Å². The minimum atomic E-state index is -4.38. The van der Waals surface area contributed by atoms with E-state index in [4.69, 9.17) is 0 Å². The van der Waals surface area contributed by atoms with Gasteiger partial charge in [0.1, 0.15) is 0 Å². The molecule has 0 amide bonds. The van der Waals surface area contributed by atoms with Gasteiger partial charge in [0.2, 0.25) is 0 Å². The summed E-state index contributed by atoms with van der Waals surface area (Å²) < 4.78 is 64.4. The van der Waals surface area contributed by atoms with Crippen molar-refractivity contribution >= 4 is 10.2 Å². The van der Waals surface area contributed by atoms with Gasteiger partial charge in [-0.05, 0) is 30.5 Å². The average Bonchev–Trinajstić information content (AvgIpc) is 2.92. The average molecular weight is 322 g/mol. The van der Waals surface area contributed by atoms with Crippen molar-refractivity contribution in [1.29, 1.82) is 0 Å². The Kier molecular flexibility index (Phi) is 4.60. The summed E-state index contributed by atoms with van der Waals surface area (Å²) in [5, 5.41) is 0. The maximum Gasteiger partial charge on any atom is 0.416 e. The third-order valence-corrected chi connectivity index (χ3v) is 5.41. The molecule has 1 aromatic rings. The Morgan fingerprint density at radius 2 is 1.67 bits per heavy atom. The Balaban J connectivity index is 2.07. The Morgan fingerprint density at radius 1 is 1.14 bits per heavy atom. The summed E-state index contributed by atoms with van der Waals surface area (Å²) in [6.07, 6.45) is -2.70. The zero-order valence-corrected chi connectivity index (χ0v) is 12.4. The Morgan fingerprint density at radius 3 is 2.14 bits per heavy atom. The van der Waals surface area contributed by atoms with Crippen LogP contribution >= 0.6 is 0 Å². The fourth-order valence-electron chi connectivity index (χ4n) is 2.25. The largest absolute Gasteiger partial charge is 0.416 e. The predicted octanol–water partition coefficient (Wildman–Crippen LogP) is 2.48. The summed E-state index contributed by atoms with van der Waals surface area (Å²) >= 11 is 0. The number of rotatable bonds is 4. The van der Waals surface area contributed by atoms with Crippen molar-refractivity contribution in [2.24, 2.45) is 0 Å². The second-order valence-corrected chi connectivity index (χ2v) is 7.10. The normalized spacial score (nSPS) is 17.6. The van der Waals surface area contributed by atoms with Crippen LogP contribution in [-0.2, 0) is 22.9 Å². The van der Waals surface area contributed by atoms with Crippen LogP contribution in [0.15, 0.2) is 24.3 Å². The van der Waals surface area contributed by atoms with E-state index in [9.17, 15) is 21.6 Å². The van der Waals surface area contributed by atoms with Crippen molar-refractivity contribution in [1.82, 2.24) is 8.61 Å². The van der Waals surface area contributed by atoms with Gasteiger partial charge in [0.15, 0.2) is 0 Å². The first kappa shape index (κ1) is 16.3. The summed E-state index contributed by atoms with van der Waals surface area (Å²) in [4.78, 5) is 0. The summed E-state index contributed by atoms with van der Waals surface area (Å²) in [5.41, 5.74) is -0.218. The third-order valence-electron chi connectivity index (χ3n) is 3.47. The fraction of sp³-hybridized carbons (Fsp3) is 0.538. The Hall–Kier alpha value is -1.12. The van der Waals surface area contributed by atoms with E-state index < -0.39 is 21.9 Å². The number of hydrogen-bond donors (Lipinski definition) is 0. The van der Waals surface area contributed by atoms with Gasteiger partial charge < -0.3 is 0 Å². The summed E-state index contributed by atoms with van der Waals surface area (Å²) in [5.74, 6) is 0. The number of halogens is 3. The molecule has 0 bridgehead atoms. The molecule has 4 nitrogen and oxygen atoms in total. The third kappa shape index (κ3) is 3.75. The maximum atomic E-state index is 12.5. The van der Waals surface area contributed by atoms with Gasteiger partial charge in [0.05, 0.1) is 5.56 Å². The van der Waals surface area contributed by atoms with Crippen LogP contribution in [0.4, 0.5) is 13.2 Å². The standard InChI is InChI=1S/C13H17F3N2O2S/c1-17(21(19,20)18-8-2-3-9-18)10-11-4-6-12(7-5-11)13(14,15)16/h4-7H,2-3,8-10H2,1H3. The van der Waals surface area contributed by atoms with Gasteiger partial charge in [0.25, 0.3) is 10.2 Å². The molecule has 1 heterocycles. The van der Waals surface area contributed by atoms with Gasteiger partial charge >= 0.3 is 6.18 Å². The van der Waals surface area contributed by atoms with Crippen LogP contribution in [0.5, 0.6) is 0 Å². The second-order valence-electron chi connectivity index (χ2n) is 5.06. The molecular formula is C13H17F3N2O2S. The zero-order chi connectivity index (χ0) is 15.7. The molecule has 2 rings (SSSR count). The van der Waals surface area contributed by atoms with Gasteiger partial charge in [0, 0.05) is 26.7 Å². The minimum absolute atomic E-state index is 0.0526. The molecule has 1 aromatic carbocycles. The van der Waals surface area contributed by atoms with Crippen LogP contribution in [0.3, 0.4) is 0 Å². The van der Waals surface area contributed by atoms with Gasteiger partial charge in [-0.25, -0.2) is 0 Å². The number of nitrogens with zero attached hydrogens (tertiary/aromatic N) is 2. The Bertz CT molecular complexity index is 578. The number of alkyl halides is 3. The van der Waals surface area contributed by atoms with Crippen molar-refractivity contribution in [2.75, 3.05) is 20.1 Å². The SMILES string of the molecule is CN(Cc1ccc(C(F)(F)F)cc1)S(=O)(=O)N1CCCC1. The molecule has 0 spiro atoms. The minimum Gasteiger partial charge on any atom is -0.195 e. The van der Waals surface area contributed by atoms with Crippen LogP contribution in [0.1, 0.15) is 24.0 Å². The highest BCUT2D eigenvalue weighted by atomic mass is 32.2. The molecule has 21 heavy (non-hydrogen) atoms. The fourth-order valence-corrected chi connectivity index (χ4v) is 3.68. The number of hydrogen-bond acceptors (Lipinski definition) is 2.